The maximum Gasteiger partial charge on any atom is 0.114 e. The van der Waals surface area contributed by atoms with Crippen molar-refractivity contribution in [3.63, 3.8) is 0 Å². The maximum atomic E-state index is 6.21. The Balaban J connectivity index is 2.58. The van der Waals surface area contributed by atoms with Gasteiger partial charge in [0.2, 0.25) is 0 Å². The van der Waals surface area contributed by atoms with Crippen molar-refractivity contribution in [2.45, 2.75) is 26.2 Å². The molecule has 0 fully saturated rings. The van der Waals surface area contributed by atoms with E-state index in [0.29, 0.717) is 10.0 Å². The Morgan fingerprint density at radius 1 is 1.33 bits per heavy atom. The van der Waals surface area contributed by atoms with Gasteiger partial charge < -0.3 is 5.73 Å². The summed E-state index contributed by atoms with van der Waals surface area (Å²) in [5, 5.41) is 2.39. The van der Waals surface area contributed by atoms with E-state index in [1.165, 1.54) is 11.3 Å². The second-order valence-corrected chi connectivity index (χ2v) is 7.46. The van der Waals surface area contributed by atoms with Crippen molar-refractivity contribution in [1.82, 2.24) is 4.98 Å². The first-order valence-electron chi connectivity index (χ1n) is 5.51. The molecule has 1 aromatic carbocycles. The molecule has 0 atom stereocenters. The number of hydrogen-bond acceptors (Lipinski definition) is 3. The molecular weight excluding hydrogens is 332 g/mol. The second kappa shape index (κ2) is 4.83. The molecule has 0 spiro atoms. The zero-order valence-corrected chi connectivity index (χ0v) is 13.6. The minimum absolute atomic E-state index is 0.00444. The lowest BCUT2D eigenvalue weighted by molar-refractivity contribution is 0.586. The SMILES string of the molecule is CC(C)(C)c1nc(-c2cc(Br)ccc2Cl)c(N)s1. The molecule has 0 saturated heterocycles. The van der Waals surface area contributed by atoms with E-state index in [1.807, 2.05) is 18.2 Å². The van der Waals surface area contributed by atoms with Crippen molar-refractivity contribution in [2.75, 3.05) is 5.73 Å². The monoisotopic (exact) mass is 344 g/mol. The lowest BCUT2D eigenvalue weighted by atomic mass is 9.98. The second-order valence-electron chi connectivity index (χ2n) is 5.11. The van der Waals surface area contributed by atoms with Crippen LogP contribution >= 0.6 is 38.9 Å². The number of nitrogens with zero attached hydrogens (tertiary/aromatic N) is 1. The zero-order valence-electron chi connectivity index (χ0n) is 10.4. The van der Waals surface area contributed by atoms with Crippen molar-refractivity contribution in [3.05, 3.63) is 32.7 Å². The molecule has 2 N–H and O–H groups in total. The van der Waals surface area contributed by atoms with Crippen molar-refractivity contribution in [1.29, 1.82) is 0 Å². The van der Waals surface area contributed by atoms with E-state index in [9.17, 15) is 0 Å². The summed E-state index contributed by atoms with van der Waals surface area (Å²) in [5.74, 6) is 0. The van der Waals surface area contributed by atoms with Gasteiger partial charge in [0, 0.05) is 15.5 Å². The molecule has 0 aliphatic heterocycles. The number of nitrogen functional groups attached to an aromatic ring is 1. The predicted molar refractivity (Wildman–Crippen MR) is 83.4 cm³/mol. The summed E-state index contributed by atoms with van der Waals surface area (Å²) < 4.78 is 0.964. The summed E-state index contributed by atoms with van der Waals surface area (Å²) in [7, 11) is 0. The average Bonchev–Trinajstić information content (AvgIpc) is 2.64. The van der Waals surface area contributed by atoms with Crippen LogP contribution in [-0.4, -0.2) is 4.98 Å². The van der Waals surface area contributed by atoms with E-state index in [2.05, 4.69) is 41.7 Å². The van der Waals surface area contributed by atoms with Crippen LogP contribution < -0.4 is 5.73 Å². The minimum Gasteiger partial charge on any atom is -0.389 e. The van der Waals surface area contributed by atoms with Crippen molar-refractivity contribution >= 4 is 43.9 Å². The van der Waals surface area contributed by atoms with Crippen LogP contribution in [0.4, 0.5) is 5.00 Å². The first kappa shape index (κ1) is 13.8. The topological polar surface area (TPSA) is 38.9 Å². The van der Waals surface area contributed by atoms with E-state index in [1.54, 1.807) is 0 Å². The van der Waals surface area contributed by atoms with Crippen LogP contribution in [0.3, 0.4) is 0 Å². The van der Waals surface area contributed by atoms with Gasteiger partial charge in [0.25, 0.3) is 0 Å². The lowest BCUT2D eigenvalue weighted by Gasteiger charge is -2.13. The number of anilines is 1. The van der Waals surface area contributed by atoms with Gasteiger partial charge in [0.05, 0.1) is 5.02 Å². The number of rotatable bonds is 1. The van der Waals surface area contributed by atoms with Crippen LogP contribution in [0.15, 0.2) is 22.7 Å². The van der Waals surface area contributed by atoms with E-state index < -0.39 is 0 Å². The Labute approximate surface area is 124 Å². The summed E-state index contributed by atoms with van der Waals surface area (Å²) in [6.45, 7) is 6.37. The molecule has 0 aliphatic rings. The summed E-state index contributed by atoms with van der Waals surface area (Å²) in [4.78, 5) is 4.64. The first-order chi connectivity index (χ1) is 8.29. The number of thiazole rings is 1. The Morgan fingerprint density at radius 2 is 2.00 bits per heavy atom. The Bertz CT molecular complexity index is 587. The number of halogens is 2. The van der Waals surface area contributed by atoms with Crippen LogP contribution in [0.1, 0.15) is 25.8 Å². The van der Waals surface area contributed by atoms with Crippen molar-refractivity contribution in [2.24, 2.45) is 0 Å². The fourth-order valence-corrected chi connectivity index (χ4v) is 3.00. The number of hydrogen-bond donors (Lipinski definition) is 1. The molecule has 96 valence electrons. The quantitative estimate of drug-likeness (QED) is 0.780. The van der Waals surface area contributed by atoms with Gasteiger partial charge in [-0.2, -0.15) is 0 Å². The van der Waals surface area contributed by atoms with E-state index in [-0.39, 0.29) is 5.41 Å². The molecule has 5 heteroatoms. The number of benzene rings is 1. The van der Waals surface area contributed by atoms with Crippen LogP contribution in [0.25, 0.3) is 11.3 Å². The Kier molecular flexibility index (Phi) is 3.72. The van der Waals surface area contributed by atoms with Gasteiger partial charge >= 0.3 is 0 Å². The third-order valence-electron chi connectivity index (χ3n) is 2.48. The van der Waals surface area contributed by atoms with E-state index in [0.717, 1.165) is 20.7 Å². The van der Waals surface area contributed by atoms with Crippen LogP contribution in [0.2, 0.25) is 5.02 Å². The third kappa shape index (κ3) is 2.71. The van der Waals surface area contributed by atoms with E-state index >= 15 is 0 Å². The van der Waals surface area contributed by atoms with Gasteiger partial charge in [-0.3, -0.25) is 0 Å². The van der Waals surface area contributed by atoms with Crippen LogP contribution in [0.5, 0.6) is 0 Å². The molecule has 2 aromatic rings. The Hall–Kier alpha value is -0.580. The smallest absolute Gasteiger partial charge is 0.114 e. The van der Waals surface area contributed by atoms with E-state index in [4.69, 9.17) is 17.3 Å². The normalized spacial score (nSPS) is 11.8. The first-order valence-corrected chi connectivity index (χ1v) is 7.50. The highest BCUT2D eigenvalue weighted by Gasteiger charge is 2.22. The fourth-order valence-electron chi connectivity index (χ4n) is 1.52. The molecule has 0 aliphatic carbocycles. The number of nitrogens with two attached hydrogens (primary N) is 1. The molecule has 1 aromatic heterocycles. The molecule has 2 nitrogen and oxygen atoms in total. The molecule has 18 heavy (non-hydrogen) atoms. The van der Waals surface area contributed by atoms with Crippen molar-refractivity contribution in [3.8, 4) is 11.3 Å². The van der Waals surface area contributed by atoms with Gasteiger partial charge in [-0.1, -0.05) is 48.3 Å². The number of aromatic nitrogens is 1. The highest BCUT2D eigenvalue weighted by Crippen LogP contribution is 2.39. The highest BCUT2D eigenvalue weighted by molar-refractivity contribution is 9.10. The van der Waals surface area contributed by atoms with Crippen LogP contribution in [-0.2, 0) is 5.41 Å². The third-order valence-corrected chi connectivity index (χ3v) is 4.61. The fraction of sp³-hybridized carbons (Fsp3) is 0.308. The van der Waals surface area contributed by atoms with Gasteiger partial charge in [0.15, 0.2) is 0 Å². The summed E-state index contributed by atoms with van der Waals surface area (Å²) in [6.07, 6.45) is 0. The molecule has 0 unspecified atom stereocenters. The van der Waals surface area contributed by atoms with Crippen LogP contribution in [0, 0.1) is 0 Å². The summed E-state index contributed by atoms with van der Waals surface area (Å²) >= 11 is 11.2. The molecule has 2 rings (SSSR count). The van der Waals surface area contributed by atoms with Gasteiger partial charge in [-0.25, -0.2) is 4.98 Å². The molecular formula is C13H14BrClN2S. The highest BCUT2D eigenvalue weighted by atomic mass is 79.9. The average molecular weight is 346 g/mol. The largest absolute Gasteiger partial charge is 0.389 e. The predicted octanol–water partition coefficient (Wildman–Crippen LogP) is 5.11. The molecule has 0 radical (unpaired) electrons. The van der Waals surface area contributed by atoms with Gasteiger partial charge in [0.1, 0.15) is 15.7 Å². The minimum atomic E-state index is -0.00444. The summed E-state index contributed by atoms with van der Waals surface area (Å²) in [6, 6.07) is 5.69. The van der Waals surface area contributed by atoms with Gasteiger partial charge in [-0.15, -0.1) is 11.3 Å². The molecule has 0 bridgehead atoms. The molecule has 0 amide bonds. The zero-order chi connectivity index (χ0) is 13.5. The molecule has 0 saturated carbocycles. The standard InChI is InChI=1S/C13H14BrClN2S/c1-13(2,3)12-17-10(11(16)18-12)8-6-7(14)4-5-9(8)15/h4-6H,16H2,1-3H3. The molecule has 1 heterocycles. The Morgan fingerprint density at radius 3 is 2.56 bits per heavy atom. The summed E-state index contributed by atoms with van der Waals surface area (Å²) in [5.41, 5.74) is 7.71. The van der Waals surface area contributed by atoms with Gasteiger partial charge in [-0.05, 0) is 18.2 Å². The maximum absolute atomic E-state index is 6.21. The van der Waals surface area contributed by atoms with Crippen molar-refractivity contribution < 1.29 is 0 Å². The lowest BCUT2D eigenvalue weighted by Crippen LogP contribution is -2.10.